The van der Waals surface area contributed by atoms with Crippen molar-refractivity contribution in [3.8, 4) is 0 Å². The number of thioether (sulfide) groups is 1. The van der Waals surface area contributed by atoms with Crippen molar-refractivity contribution in [2.24, 2.45) is 10.9 Å². The van der Waals surface area contributed by atoms with E-state index in [-0.39, 0.29) is 24.0 Å². The zero-order valence-corrected chi connectivity index (χ0v) is 21.0. The van der Waals surface area contributed by atoms with Crippen LogP contribution >= 0.6 is 35.7 Å². The highest BCUT2D eigenvalue weighted by molar-refractivity contribution is 14.0. The molecule has 0 radical (unpaired) electrons. The highest BCUT2D eigenvalue weighted by Gasteiger charge is 2.12. The Morgan fingerprint density at radius 3 is 2.69 bits per heavy atom. The van der Waals surface area contributed by atoms with E-state index in [2.05, 4.69) is 56.1 Å². The molecule has 2 N–H and O–H groups in total. The van der Waals surface area contributed by atoms with Gasteiger partial charge in [-0.3, -0.25) is 9.98 Å². The molecular weight excluding hydrogens is 497 g/mol. The fourth-order valence-electron chi connectivity index (χ4n) is 2.83. The number of nitrogens with zero attached hydrogens (tertiary/aromatic N) is 5. The Hall–Kier alpha value is -1.36. The first-order chi connectivity index (χ1) is 13.6. The number of aromatic nitrogens is 4. The van der Waals surface area contributed by atoms with Crippen LogP contribution in [0.1, 0.15) is 38.7 Å². The van der Waals surface area contributed by atoms with Crippen molar-refractivity contribution in [3.05, 3.63) is 35.9 Å². The zero-order valence-electron chi connectivity index (χ0n) is 17.9. The molecular formula is C20H34IN7S. The molecule has 2 rings (SSSR count). The van der Waals surface area contributed by atoms with Crippen molar-refractivity contribution < 1.29 is 0 Å². The average molecular weight is 532 g/mol. The van der Waals surface area contributed by atoms with E-state index in [1.807, 2.05) is 30.7 Å². The standard InChI is InChI=1S/C20H33N7S.HI/c1-5-21-19(24-14-11-17-9-6-7-12-22-17)23-13-8-10-18-25-26-20(28-4)27(18)15-16(2)3;/h6-7,9,12,16H,5,8,10-11,13-15H2,1-4H3,(H2,21,23,24);1H. The largest absolute Gasteiger partial charge is 0.357 e. The highest BCUT2D eigenvalue weighted by atomic mass is 127. The molecule has 0 saturated carbocycles. The Balaban J connectivity index is 0.00000420. The summed E-state index contributed by atoms with van der Waals surface area (Å²) in [5.74, 6) is 2.48. The van der Waals surface area contributed by atoms with Crippen LogP contribution in [0, 0.1) is 5.92 Å². The molecule has 0 aromatic carbocycles. The predicted octanol–water partition coefficient (Wildman–Crippen LogP) is 3.40. The first-order valence-electron chi connectivity index (χ1n) is 10.0. The summed E-state index contributed by atoms with van der Waals surface area (Å²) in [6.45, 7) is 9.88. The van der Waals surface area contributed by atoms with Gasteiger partial charge in [0.1, 0.15) is 5.82 Å². The van der Waals surface area contributed by atoms with Crippen LogP contribution in [0.2, 0.25) is 0 Å². The number of pyridine rings is 1. The molecule has 29 heavy (non-hydrogen) atoms. The number of aliphatic imine (C=N–C) groups is 1. The normalized spacial score (nSPS) is 11.4. The fraction of sp³-hybridized carbons (Fsp3) is 0.600. The SMILES string of the molecule is CCNC(=NCCCc1nnc(SC)n1CC(C)C)NCCc1ccccn1.I. The van der Waals surface area contributed by atoms with E-state index < -0.39 is 0 Å². The van der Waals surface area contributed by atoms with Gasteiger partial charge < -0.3 is 15.2 Å². The van der Waals surface area contributed by atoms with Crippen LogP contribution in [0.4, 0.5) is 0 Å². The van der Waals surface area contributed by atoms with Crippen LogP contribution in [-0.4, -0.2) is 51.6 Å². The summed E-state index contributed by atoms with van der Waals surface area (Å²) in [7, 11) is 0. The lowest BCUT2D eigenvalue weighted by atomic mass is 10.2. The molecule has 2 aromatic rings. The van der Waals surface area contributed by atoms with E-state index in [1.165, 1.54) is 0 Å². The van der Waals surface area contributed by atoms with Gasteiger partial charge in [0.25, 0.3) is 0 Å². The lowest BCUT2D eigenvalue weighted by Crippen LogP contribution is -2.38. The maximum Gasteiger partial charge on any atom is 0.191 e. The van der Waals surface area contributed by atoms with Gasteiger partial charge in [-0.1, -0.05) is 31.7 Å². The summed E-state index contributed by atoms with van der Waals surface area (Å²) in [6, 6.07) is 6.00. The molecule has 0 amide bonds. The molecule has 0 spiro atoms. The minimum atomic E-state index is 0. The number of aryl methyl sites for hydroxylation is 1. The predicted molar refractivity (Wildman–Crippen MR) is 132 cm³/mol. The molecule has 2 aromatic heterocycles. The van der Waals surface area contributed by atoms with Crippen molar-refractivity contribution in [1.29, 1.82) is 0 Å². The Bertz CT molecular complexity index is 719. The van der Waals surface area contributed by atoms with Gasteiger partial charge in [0, 0.05) is 50.9 Å². The molecule has 162 valence electrons. The Labute approximate surface area is 196 Å². The minimum absolute atomic E-state index is 0. The Morgan fingerprint density at radius 1 is 1.21 bits per heavy atom. The molecule has 0 bridgehead atoms. The third-order valence-electron chi connectivity index (χ3n) is 4.10. The van der Waals surface area contributed by atoms with Crippen LogP contribution in [0.5, 0.6) is 0 Å². The number of nitrogens with one attached hydrogen (secondary N) is 2. The maximum absolute atomic E-state index is 4.69. The van der Waals surface area contributed by atoms with Gasteiger partial charge in [-0.2, -0.15) is 0 Å². The van der Waals surface area contributed by atoms with Gasteiger partial charge in [-0.15, -0.1) is 34.2 Å². The molecule has 0 saturated heterocycles. The van der Waals surface area contributed by atoms with Crippen molar-refractivity contribution >= 4 is 41.7 Å². The monoisotopic (exact) mass is 531 g/mol. The van der Waals surface area contributed by atoms with Gasteiger partial charge in [0.05, 0.1) is 0 Å². The quantitative estimate of drug-likeness (QED) is 0.152. The van der Waals surface area contributed by atoms with E-state index in [0.717, 1.165) is 68.1 Å². The molecule has 9 heteroatoms. The fourth-order valence-corrected chi connectivity index (χ4v) is 3.35. The first-order valence-corrected chi connectivity index (χ1v) is 11.2. The van der Waals surface area contributed by atoms with E-state index in [9.17, 15) is 0 Å². The number of hydrogen-bond acceptors (Lipinski definition) is 5. The first kappa shape index (κ1) is 25.7. The van der Waals surface area contributed by atoms with Gasteiger partial charge >= 0.3 is 0 Å². The highest BCUT2D eigenvalue weighted by Crippen LogP contribution is 2.16. The molecule has 0 atom stereocenters. The molecule has 7 nitrogen and oxygen atoms in total. The summed E-state index contributed by atoms with van der Waals surface area (Å²) < 4.78 is 2.25. The van der Waals surface area contributed by atoms with Crippen LogP contribution in [-0.2, 0) is 19.4 Å². The van der Waals surface area contributed by atoms with E-state index in [1.54, 1.807) is 11.8 Å². The summed E-state index contributed by atoms with van der Waals surface area (Å²) in [5, 5.41) is 16.4. The van der Waals surface area contributed by atoms with E-state index in [4.69, 9.17) is 0 Å². The molecule has 0 unspecified atom stereocenters. The van der Waals surface area contributed by atoms with E-state index in [0.29, 0.717) is 5.92 Å². The second kappa shape index (κ2) is 14.6. The molecule has 0 aliphatic carbocycles. The summed E-state index contributed by atoms with van der Waals surface area (Å²) in [6.07, 6.45) is 6.59. The van der Waals surface area contributed by atoms with Gasteiger partial charge in [-0.05, 0) is 37.7 Å². The van der Waals surface area contributed by atoms with Crippen LogP contribution < -0.4 is 10.6 Å². The number of rotatable bonds is 11. The van der Waals surface area contributed by atoms with Crippen LogP contribution in [0.3, 0.4) is 0 Å². The van der Waals surface area contributed by atoms with Crippen LogP contribution in [0.25, 0.3) is 0 Å². The smallest absolute Gasteiger partial charge is 0.191 e. The summed E-state index contributed by atoms with van der Waals surface area (Å²) in [5.41, 5.74) is 1.08. The Kier molecular flexibility index (Phi) is 12.9. The maximum atomic E-state index is 4.69. The third-order valence-corrected chi connectivity index (χ3v) is 4.76. The third kappa shape index (κ3) is 9.33. The lowest BCUT2D eigenvalue weighted by molar-refractivity contribution is 0.477. The number of hydrogen-bond donors (Lipinski definition) is 2. The molecule has 0 aliphatic heterocycles. The van der Waals surface area contributed by atoms with Gasteiger partial charge in [0.2, 0.25) is 0 Å². The van der Waals surface area contributed by atoms with E-state index >= 15 is 0 Å². The minimum Gasteiger partial charge on any atom is -0.357 e. The van der Waals surface area contributed by atoms with Crippen molar-refractivity contribution in [1.82, 2.24) is 30.4 Å². The summed E-state index contributed by atoms with van der Waals surface area (Å²) in [4.78, 5) is 9.04. The summed E-state index contributed by atoms with van der Waals surface area (Å²) >= 11 is 1.65. The van der Waals surface area contributed by atoms with Crippen molar-refractivity contribution in [3.63, 3.8) is 0 Å². The lowest BCUT2D eigenvalue weighted by Gasteiger charge is -2.12. The topological polar surface area (TPSA) is 80.0 Å². The Morgan fingerprint density at radius 2 is 2.03 bits per heavy atom. The molecule has 0 aliphatic rings. The second-order valence-corrected chi connectivity index (χ2v) is 7.74. The van der Waals surface area contributed by atoms with Crippen molar-refractivity contribution in [2.75, 3.05) is 25.9 Å². The van der Waals surface area contributed by atoms with Crippen LogP contribution in [0.15, 0.2) is 34.5 Å². The number of guanidine groups is 1. The molecule has 2 heterocycles. The van der Waals surface area contributed by atoms with Gasteiger partial charge in [-0.25, -0.2) is 0 Å². The average Bonchev–Trinajstić information content (AvgIpc) is 3.07. The second-order valence-electron chi connectivity index (χ2n) is 6.97. The van der Waals surface area contributed by atoms with Gasteiger partial charge in [0.15, 0.2) is 11.1 Å². The molecule has 0 fully saturated rings. The van der Waals surface area contributed by atoms with Crippen molar-refractivity contribution in [2.45, 2.75) is 51.7 Å². The zero-order chi connectivity index (χ0) is 20.2. The number of halogens is 1.